The molecular formula is C9H12N4O4. The molecule has 0 radical (unpaired) electrons. The number of carbonyl (C=O) groups is 1. The van der Waals surface area contributed by atoms with Crippen molar-refractivity contribution < 1.29 is 14.8 Å². The van der Waals surface area contributed by atoms with Crippen molar-refractivity contribution in [1.82, 2.24) is 14.7 Å². The van der Waals surface area contributed by atoms with Crippen LogP contribution in [0.15, 0.2) is 12.3 Å². The molecule has 1 atom stereocenters. The first-order chi connectivity index (χ1) is 8.06. The number of hydrogen-bond acceptors (Lipinski definition) is 5. The average molecular weight is 240 g/mol. The number of likely N-dealkylation sites (tertiary alicyclic amines) is 1. The number of carbonyl (C=O) groups excluding carboxylic acids is 1. The molecule has 0 aliphatic carbocycles. The van der Waals surface area contributed by atoms with Gasteiger partial charge in [0.15, 0.2) is 0 Å². The van der Waals surface area contributed by atoms with Gasteiger partial charge in [-0.25, -0.2) is 0 Å². The van der Waals surface area contributed by atoms with Gasteiger partial charge in [0.25, 0.3) is 0 Å². The van der Waals surface area contributed by atoms with Crippen molar-refractivity contribution in [1.29, 1.82) is 0 Å². The zero-order chi connectivity index (χ0) is 12.4. The average Bonchev–Trinajstić information content (AvgIpc) is 2.86. The number of amides is 1. The highest BCUT2D eigenvalue weighted by Crippen LogP contribution is 2.10. The molecule has 17 heavy (non-hydrogen) atoms. The van der Waals surface area contributed by atoms with E-state index in [9.17, 15) is 20.0 Å². The lowest BCUT2D eigenvalue weighted by Crippen LogP contribution is -2.32. The van der Waals surface area contributed by atoms with E-state index < -0.39 is 11.0 Å². The van der Waals surface area contributed by atoms with Crippen molar-refractivity contribution >= 4 is 11.7 Å². The summed E-state index contributed by atoms with van der Waals surface area (Å²) in [5.74, 6) is -0.473. The molecule has 2 heterocycles. The predicted molar refractivity (Wildman–Crippen MR) is 56.1 cm³/mol. The van der Waals surface area contributed by atoms with Crippen molar-refractivity contribution in [2.75, 3.05) is 13.1 Å². The third-order valence-electron chi connectivity index (χ3n) is 2.63. The minimum atomic E-state index is -0.611. The number of aromatic nitrogens is 2. The topological polar surface area (TPSA) is 102 Å². The lowest BCUT2D eigenvalue weighted by molar-refractivity contribution is -0.389. The first-order valence-electron chi connectivity index (χ1n) is 5.20. The first-order valence-corrected chi connectivity index (χ1v) is 5.20. The second kappa shape index (κ2) is 4.50. The van der Waals surface area contributed by atoms with Crippen LogP contribution in [0.3, 0.4) is 0 Å². The molecule has 2 rings (SSSR count). The molecular weight excluding hydrogens is 228 g/mol. The van der Waals surface area contributed by atoms with E-state index in [0.29, 0.717) is 19.5 Å². The summed E-state index contributed by atoms with van der Waals surface area (Å²) < 4.78 is 1.23. The SMILES string of the molecule is O=C(Cn1ccc([N+](=O)[O-])n1)N1CC[C@H](O)C1. The van der Waals surface area contributed by atoms with Crippen LogP contribution in [-0.2, 0) is 11.3 Å². The molecule has 0 aromatic carbocycles. The van der Waals surface area contributed by atoms with Gasteiger partial charge in [0.1, 0.15) is 6.54 Å². The number of aliphatic hydroxyl groups excluding tert-OH is 1. The smallest absolute Gasteiger partial charge is 0.389 e. The molecule has 1 N–H and O–H groups in total. The van der Waals surface area contributed by atoms with Gasteiger partial charge in [-0.3, -0.25) is 4.79 Å². The first kappa shape index (κ1) is 11.5. The number of nitro groups is 1. The van der Waals surface area contributed by atoms with Crippen LogP contribution in [0.25, 0.3) is 0 Å². The molecule has 1 fully saturated rings. The van der Waals surface area contributed by atoms with Crippen molar-refractivity contribution in [3.05, 3.63) is 22.4 Å². The standard InChI is InChI=1S/C9H12N4O4/c14-7-1-3-11(5-7)9(15)6-12-4-2-8(10-12)13(16)17/h2,4,7,14H,1,3,5-6H2/t7-/m0/s1. The van der Waals surface area contributed by atoms with E-state index in [2.05, 4.69) is 5.10 Å². The normalized spacial score (nSPS) is 19.6. The molecule has 0 spiro atoms. The highest BCUT2D eigenvalue weighted by Gasteiger charge is 2.25. The summed E-state index contributed by atoms with van der Waals surface area (Å²) in [6, 6.07) is 1.24. The Labute approximate surface area is 96.6 Å². The molecule has 1 aliphatic heterocycles. The number of nitrogens with zero attached hydrogens (tertiary/aromatic N) is 4. The third kappa shape index (κ3) is 2.59. The zero-order valence-corrected chi connectivity index (χ0v) is 9.02. The second-order valence-corrected chi connectivity index (χ2v) is 3.91. The Balaban J connectivity index is 1.96. The Morgan fingerprint density at radius 1 is 1.71 bits per heavy atom. The largest absolute Gasteiger partial charge is 0.391 e. The third-order valence-corrected chi connectivity index (χ3v) is 2.63. The van der Waals surface area contributed by atoms with E-state index in [1.165, 1.54) is 21.8 Å². The summed E-state index contributed by atoms with van der Waals surface area (Å²) >= 11 is 0. The highest BCUT2D eigenvalue weighted by molar-refractivity contribution is 5.76. The van der Waals surface area contributed by atoms with Gasteiger partial charge >= 0.3 is 5.82 Å². The van der Waals surface area contributed by atoms with Gasteiger partial charge in [0.2, 0.25) is 5.91 Å². The van der Waals surface area contributed by atoms with E-state index in [4.69, 9.17) is 0 Å². The van der Waals surface area contributed by atoms with Crippen LogP contribution in [0.2, 0.25) is 0 Å². The van der Waals surface area contributed by atoms with E-state index >= 15 is 0 Å². The zero-order valence-electron chi connectivity index (χ0n) is 9.02. The van der Waals surface area contributed by atoms with Crippen molar-refractivity contribution in [3.63, 3.8) is 0 Å². The van der Waals surface area contributed by atoms with Crippen molar-refractivity contribution in [2.24, 2.45) is 0 Å². The Hall–Kier alpha value is -1.96. The Morgan fingerprint density at radius 3 is 3.00 bits per heavy atom. The maximum Gasteiger partial charge on any atom is 0.389 e. The molecule has 0 saturated carbocycles. The summed E-state index contributed by atoms with van der Waals surface area (Å²) in [6.45, 7) is 0.798. The summed E-state index contributed by atoms with van der Waals surface area (Å²) in [7, 11) is 0. The van der Waals surface area contributed by atoms with Crippen LogP contribution in [0, 0.1) is 10.1 Å². The van der Waals surface area contributed by atoms with Gasteiger partial charge in [-0.05, 0) is 11.3 Å². The summed E-state index contributed by atoms with van der Waals surface area (Å²) in [6.07, 6.45) is 1.50. The maximum atomic E-state index is 11.7. The van der Waals surface area contributed by atoms with E-state index in [1.807, 2.05) is 0 Å². The Kier molecular flexibility index (Phi) is 3.05. The number of β-amino-alcohol motifs (C(OH)–C–C–N with tert-alkyl or cyclic N) is 1. The molecule has 8 nitrogen and oxygen atoms in total. The monoisotopic (exact) mass is 240 g/mol. The second-order valence-electron chi connectivity index (χ2n) is 3.91. The quantitative estimate of drug-likeness (QED) is 0.560. The lowest BCUT2D eigenvalue weighted by Gasteiger charge is -2.14. The van der Waals surface area contributed by atoms with Crippen LogP contribution in [0.4, 0.5) is 5.82 Å². The molecule has 0 bridgehead atoms. The maximum absolute atomic E-state index is 11.7. The van der Waals surface area contributed by atoms with Gasteiger partial charge in [-0.1, -0.05) is 0 Å². The fraction of sp³-hybridized carbons (Fsp3) is 0.556. The fourth-order valence-corrected chi connectivity index (χ4v) is 1.74. The van der Waals surface area contributed by atoms with E-state index in [0.717, 1.165) is 0 Å². The number of rotatable bonds is 3. The summed E-state index contributed by atoms with van der Waals surface area (Å²) in [5, 5.41) is 23.3. The van der Waals surface area contributed by atoms with Crippen molar-refractivity contribution in [3.8, 4) is 0 Å². The molecule has 1 aromatic rings. The van der Waals surface area contributed by atoms with E-state index in [-0.39, 0.29) is 18.3 Å². The van der Waals surface area contributed by atoms with Gasteiger partial charge in [-0.2, -0.15) is 4.68 Å². The van der Waals surface area contributed by atoms with Gasteiger partial charge in [0, 0.05) is 13.1 Å². The molecule has 1 aliphatic rings. The van der Waals surface area contributed by atoms with Crippen LogP contribution in [0.1, 0.15) is 6.42 Å². The summed E-state index contributed by atoms with van der Waals surface area (Å²) in [4.78, 5) is 23.0. The Morgan fingerprint density at radius 2 is 2.47 bits per heavy atom. The lowest BCUT2D eigenvalue weighted by atomic mass is 10.3. The Bertz CT molecular complexity index is 444. The molecule has 1 aromatic heterocycles. The highest BCUT2D eigenvalue weighted by atomic mass is 16.6. The predicted octanol–water partition coefficient (Wildman–Crippen LogP) is -0.616. The van der Waals surface area contributed by atoms with Crippen LogP contribution < -0.4 is 0 Å². The van der Waals surface area contributed by atoms with Crippen LogP contribution >= 0.6 is 0 Å². The number of hydrogen-bond donors (Lipinski definition) is 1. The molecule has 1 saturated heterocycles. The number of aliphatic hydroxyl groups is 1. The van der Waals surface area contributed by atoms with Gasteiger partial charge in [-0.15, -0.1) is 0 Å². The van der Waals surface area contributed by atoms with Crippen LogP contribution in [0.5, 0.6) is 0 Å². The van der Waals surface area contributed by atoms with Crippen LogP contribution in [-0.4, -0.2) is 49.8 Å². The molecule has 1 amide bonds. The van der Waals surface area contributed by atoms with Gasteiger partial charge in [0.05, 0.1) is 23.5 Å². The molecule has 92 valence electrons. The molecule has 0 unspecified atom stereocenters. The minimum Gasteiger partial charge on any atom is -0.391 e. The van der Waals surface area contributed by atoms with E-state index in [1.54, 1.807) is 0 Å². The molecule has 8 heteroatoms. The fourth-order valence-electron chi connectivity index (χ4n) is 1.74. The minimum absolute atomic E-state index is 0.0411. The summed E-state index contributed by atoms with van der Waals surface area (Å²) in [5.41, 5.74) is 0. The van der Waals surface area contributed by atoms with Gasteiger partial charge < -0.3 is 20.1 Å². The van der Waals surface area contributed by atoms with Crippen molar-refractivity contribution in [2.45, 2.75) is 19.1 Å².